The minimum Gasteiger partial charge on any atom is -0.455 e. The second kappa shape index (κ2) is 8.49. The third-order valence-corrected chi connectivity index (χ3v) is 5.00. The van der Waals surface area contributed by atoms with Crippen LogP contribution < -0.4 is 11.1 Å². The summed E-state index contributed by atoms with van der Waals surface area (Å²) in [4.78, 5) is 5.33. The van der Waals surface area contributed by atoms with E-state index in [2.05, 4.69) is 15.0 Å². The molecule has 0 aliphatic rings. The highest BCUT2D eigenvalue weighted by Crippen LogP contribution is 2.36. The van der Waals surface area contributed by atoms with Gasteiger partial charge >= 0.3 is 6.61 Å². The number of pyridine rings is 1. The molecule has 3 aromatic rings. The van der Waals surface area contributed by atoms with E-state index in [1.807, 2.05) is 17.5 Å². The SMILES string of the molecule is N[C@@H](COC(F)F)Cc1oc2c(NCc3cccs3)cc(Cl)nc2c1Cl. The fraction of sp³-hybridized carbons (Fsp3) is 0.312. The molecule has 5 nitrogen and oxygen atoms in total. The summed E-state index contributed by atoms with van der Waals surface area (Å²) in [6.07, 6.45) is 0.129. The van der Waals surface area contributed by atoms with Gasteiger partial charge in [0.15, 0.2) is 5.58 Å². The highest BCUT2D eigenvalue weighted by Gasteiger charge is 2.20. The molecular formula is C16H15Cl2F2N3O2S. The molecule has 0 amide bonds. The summed E-state index contributed by atoms with van der Waals surface area (Å²) in [5.41, 5.74) is 7.27. The molecule has 0 aliphatic carbocycles. The van der Waals surface area contributed by atoms with Crippen molar-refractivity contribution in [3.8, 4) is 0 Å². The second-order valence-corrected chi connectivity index (χ2v) is 7.30. The van der Waals surface area contributed by atoms with Crippen LogP contribution >= 0.6 is 34.5 Å². The zero-order valence-corrected chi connectivity index (χ0v) is 15.7. The third kappa shape index (κ3) is 4.63. The van der Waals surface area contributed by atoms with Crippen molar-refractivity contribution in [1.82, 2.24) is 4.98 Å². The zero-order chi connectivity index (χ0) is 18.7. The van der Waals surface area contributed by atoms with E-state index in [-0.39, 0.29) is 23.2 Å². The standard InChI is InChI=1S/C16H15Cl2F2N3O2S/c17-12-5-10(22-6-9-2-1-3-26-9)15-14(23-12)13(18)11(25-15)4-8(21)7-24-16(19)20/h1-3,5,8,16H,4,6-7,21H2,(H,22,23)/t8-/m1/s1. The number of nitrogens with zero attached hydrogens (tertiary/aromatic N) is 1. The minimum atomic E-state index is -2.87. The number of halogens is 4. The molecule has 3 aromatic heterocycles. The van der Waals surface area contributed by atoms with E-state index < -0.39 is 12.7 Å². The molecule has 3 N–H and O–H groups in total. The number of hydrogen-bond donors (Lipinski definition) is 2. The lowest BCUT2D eigenvalue weighted by atomic mass is 10.2. The van der Waals surface area contributed by atoms with Gasteiger partial charge < -0.3 is 20.2 Å². The molecule has 140 valence electrons. The normalized spacial score (nSPS) is 12.8. The van der Waals surface area contributed by atoms with Crippen LogP contribution in [0.1, 0.15) is 10.6 Å². The van der Waals surface area contributed by atoms with Crippen LogP contribution in [-0.2, 0) is 17.7 Å². The molecule has 1 atom stereocenters. The summed E-state index contributed by atoms with van der Waals surface area (Å²) in [7, 11) is 0. The van der Waals surface area contributed by atoms with Crippen molar-refractivity contribution in [1.29, 1.82) is 0 Å². The molecule has 0 saturated heterocycles. The maximum Gasteiger partial charge on any atom is 0.345 e. The highest BCUT2D eigenvalue weighted by molar-refractivity contribution is 7.09. The van der Waals surface area contributed by atoms with E-state index in [9.17, 15) is 8.78 Å². The quantitative estimate of drug-likeness (QED) is 0.505. The number of rotatable bonds is 8. The lowest BCUT2D eigenvalue weighted by Gasteiger charge is -2.10. The molecule has 0 radical (unpaired) electrons. The first-order valence-electron chi connectivity index (χ1n) is 7.63. The van der Waals surface area contributed by atoms with Gasteiger partial charge in [0.1, 0.15) is 21.5 Å². The summed E-state index contributed by atoms with van der Waals surface area (Å²) in [5.74, 6) is 0.348. The maximum atomic E-state index is 12.1. The molecule has 26 heavy (non-hydrogen) atoms. The summed E-state index contributed by atoms with van der Waals surface area (Å²) in [6, 6.07) is 4.91. The Kier molecular flexibility index (Phi) is 6.31. The zero-order valence-electron chi connectivity index (χ0n) is 13.3. The van der Waals surface area contributed by atoms with Gasteiger partial charge in [-0.1, -0.05) is 29.3 Å². The van der Waals surface area contributed by atoms with Gasteiger partial charge in [-0.15, -0.1) is 11.3 Å². The predicted octanol–water partition coefficient (Wildman–Crippen LogP) is 4.92. The monoisotopic (exact) mass is 421 g/mol. The lowest BCUT2D eigenvalue weighted by Crippen LogP contribution is -2.29. The molecule has 0 aromatic carbocycles. The minimum absolute atomic E-state index is 0.129. The maximum absolute atomic E-state index is 12.1. The number of furan rings is 1. The van der Waals surface area contributed by atoms with Gasteiger partial charge in [-0.3, -0.25) is 0 Å². The van der Waals surface area contributed by atoms with Crippen molar-refractivity contribution in [3.05, 3.63) is 44.4 Å². The van der Waals surface area contributed by atoms with Crippen molar-refractivity contribution in [3.63, 3.8) is 0 Å². The fourth-order valence-corrected chi connectivity index (χ4v) is 3.49. The Bertz CT molecular complexity index is 874. The molecule has 0 fully saturated rings. The van der Waals surface area contributed by atoms with Crippen molar-refractivity contribution < 1.29 is 17.9 Å². The number of hydrogen-bond acceptors (Lipinski definition) is 6. The Labute approximate surface area is 162 Å². The molecule has 3 heterocycles. The van der Waals surface area contributed by atoms with Crippen LogP contribution in [0, 0.1) is 0 Å². The molecule has 10 heteroatoms. The first kappa shape index (κ1) is 19.3. The van der Waals surface area contributed by atoms with Gasteiger partial charge in [-0.2, -0.15) is 8.78 Å². The molecule has 0 bridgehead atoms. The summed E-state index contributed by atoms with van der Waals surface area (Å²) in [5, 5.41) is 5.74. The van der Waals surface area contributed by atoms with E-state index in [1.165, 1.54) is 0 Å². The first-order chi connectivity index (χ1) is 12.4. The molecule has 0 aliphatic heterocycles. The van der Waals surface area contributed by atoms with E-state index in [0.29, 0.717) is 29.1 Å². The van der Waals surface area contributed by atoms with Crippen LogP contribution in [0.5, 0.6) is 0 Å². The first-order valence-corrected chi connectivity index (χ1v) is 9.26. The number of nitrogens with one attached hydrogen (secondary N) is 1. The van der Waals surface area contributed by atoms with Gasteiger partial charge in [-0.05, 0) is 11.4 Å². The molecule has 0 spiro atoms. The van der Waals surface area contributed by atoms with E-state index in [1.54, 1.807) is 17.4 Å². The fourth-order valence-electron chi connectivity index (χ4n) is 2.41. The molecule has 0 saturated carbocycles. The van der Waals surface area contributed by atoms with Crippen LogP contribution in [0.3, 0.4) is 0 Å². The number of nitrogens with two attached hydrogens (primary N) is 1. The summed E-state index contributed by atoms with van der Waals surface area (Å²) >= 11 is 14.0. The summed E-state index contributed by atoms with van der Waals surface area (Å²) < 4.78 is 34.3. The van der Waals surface area contributed by atoms with Crippen LogP contribution in [0.15, 0.2) is 28.0 Å². The van der Waals surface area contributed by atoms with Crippen molar-refractivity contribution in [2.45, 2.75) is 25.6 Å². The molecule has 0 unspecified atom stereocenters. The number of alkyl halides is 2. The number of thiophene rings is 1. The van der Waals surface area contributed by atoms with Crippen LogP contribution in [-0.4, -0.2) is 24.2 Å². The van der Waals surface area contributed by atoms with Gasteiger partial charge in [0.25, 0.3) is 0 Å². The predicted molar refractivity (Wildman–Crippen MR) is 99.3 cm³/mol. The second-order valence-electron chi connectivity index (χ2n) is 5.50. The van der Waals surface area contributed by atoms with Gasteiger partial charge in [0.2, 0.25) is 0 Å². The van der Waals surface area contributed by atoms with Crippen molar-refractivity contribution in [2.75, 3.05) is 11.9 Å². The molecule has 3 rings (SSSR count). The highest BCUT2D eigenvalue weighted by atomic mass is 35.5. The smallest absolute Gasteiger partial charge is 0.345 e. The third-order valence-electron chi connectivity index (χ3n) is 3.54. The Balaban J connectivity index is 1.83. The average molecular weight is 422 g/mol. The van der Waals surface area contributed by atoms with Crippen LogP contribution in [0.2, 0.25) is 10.2 Å². The topological polar surface area (TPSA) is 73.3 Å². The van der Waals surface area contributed by atoms with E-state index >= 15 is 0 Å². The number of anilines is 1. The summed E-state index contributed by atoms with van der Waals surface area (Å²) in [6.45, 7) is -2.61. The largest absolute Gasteiger partial charge is 0.455 e. The van der Waals surface area contributed by atoms with Crippen molar-refractivity contribution in [2.24, 2.45) is 5.73 Å². The Morgan fingerprint density at radius 3 is 2.88 bits per heavy atom. The molecular weight excluding hydrogens is 407 g/mol. The number of aromatic nitrogens is 1. The Morgan fingerprint density at radius 1 is 1.38 bits per heavy atom. The van der Waals surface area contributed by atoms with Crippen LogP contribution in [0.4, 0.5) is 14.5 Å². The van der Waals surface area contributed by atoms with Gasteiger partial charge in [0, 0.05) is 30.0 Å². The number of ether oxygens (including phenoxy) is 1. The van der Waals surface area contributed by atoms with Gasteiger partial charge in [0.05, 0.1) is 12.3 Å². The lowest BCUT2D eigenvalue weighted by molar-refractivity contribution is -0.132. The van der Waals surface area contributed by atoms with E-state index in [0.717, 1.165) is 4.88 Å². The van der Waals surface area contributed by atoms with Gasteiger partial charge in [-0.25, -0.2) is 4.98 Å². The Morgan fingerprint density at radius 2 is 2.19 bits per heavy atom. The average Bonchev–Trinajstić information content (AvgIpc) is 3.21. The Hall–Kier alpha value is -1.45. The number of fused-ring (bicyclic) bond motifs is 1. The van der Waals surface area contributed by atoms with Crippen molar-refractivity contribution >= 4 is 51.3 Å². The van der Waals surface area contributed by atoms with Crippen LogP contribution in [0.25, 0.3) is 11.1 Å². The van der Waals surface area contributed by atoms with E-state index in [4.69, 9.17) is 33.4 Å².